The molecule has 166 valence electrons. The number of hydrogen-bond acceptors (Lipinski definition) is 3. The Labute approximate surface area is 190 Å². The third-order valence-corrected chi connectivity index (χ3v) is 5.29. The van der Waals surface area contributed by atoms with Gasteiger partial charge >= 0.3 is 11.9 Å². The zero-order valence-electron chi connectivity index (χ0n) is 16.4. The zero-order chi connectivity index (χ0) is 22.9. The van der Waals surface area contributed by atoms with Gasteiger partial charge in [0, 0.05) is 23.3 Å². The average Bonchev–Trinajstić information content (AvgIpc) is 3.32. The van der Waals surface area contributed by atoms with Crippen LogP contribution in [0.15, 0.2) is 65.8 Å². The molecule has 0 N–H and O–H groups in total. The summed E-state index contributed by atoms with van der Waals surface area (Å²) >= 11 is 12.1. The van der Waals surface area contributed by atoms with Crippen molar-refractivity contribution >= 4 is 23.2 Å². The number of halogens is 5. The van der Waals surface area contributed by atoms with Crippen molar-refractivity contribution in [3.05, 3.63) is 87.3 Å². The zero-order valence-corrected chi connectivity index (χ0v) is 17.9. The summed E-state index contributed by atoms with van der Waals surface area (Å²) in [4.78, 5) is 17.2. The van der Waals surface area contributed by atoms with Gasteiger partial charge in [0.1, 0.15) is 0 Å². The van der Waals surface area contributed by atoms with Gasteiger partial charge in [-0.1, -0.05) is 35.3 Å². The first-order valence-electron chi connectivity index (χ1n) is 9.49. The van der Waals surface area contributed by atoms with Gasteiger partial charge < -0.3 is 4.57 Å². The smallest absolute Gasteiger partial charge is 0.304 e. The van der Waals surface area contributed by atoms with Gasteiger partial charge in [0.2, 0.25) is 0 Å². The second kappa shape index (κ2) is 8.84. The molecule has 32 heavy (non-hydrogen) atoms. The largest absolute Gasteiger partial charge is 0.390 e. The molecule has 0 amide bonds. The van der Waals surface area contributed by atoms with Gasteiger partial charge in [0.15, 0.2) is 5.82 Å². The van der Waals surface area contributed by atoms with Gasteiger partial charge in [-0.15, -0.1) is 5.10 Å². The predicted octanol–water partition coefficient (Wildman–Crippen LogP) is 5.21. The van der Waals surface area contributed by atoms with Gasteiger partial charge in [-0.3, -0.25) is 4.57 Å². The number of imidazole rings is 1. The highest BCUT2D eigenvalue weighted by molar-refractivity contribution is 6.32. The summed E-state index contributed by atoms with van der Waals surface area (Å²) in [5.74, 6) is 0.126. The summed E-state index contributed by atoms with van der Waals surface area (Å²) < 4.78 is 42.3. The Morgan fingerprint density at radius 2 is 1.72 bits per heavy atom. The van der Waals surface area contributed by atoms with Gasteiger partial charge in [0.05, 0.1) is 35.7 Å². The van der Waals surface area contributed by atoms with Crippen molar-refractivity contribution in [1.82, 2.24) is 23.9 Å². The van der Waals surface area contributed by atoms with E-state index in [1.165, 1.54) is 0 Å². The highest BCUT2D eigenvalue weighted by atomic mass is 35.5. The molecule has 0 unspecified atom stereocenters. The summed E-state index contributed by atoms with van der Waals surface area (Å²) in [5, 5.41) is 5.27. The highest BCUT2D eigenvalue weighted by Crippen LogP contribution is 2.24. The molecule has 0 atom stereocenters. The Balaban J connectivity index is 1.68. The molecule has 0 bridgehead atoms. The van der Waals surface area contributed by atoms with Crippen LogP contribution in [0.2, 0.25) is 10.0 Å². The molecule has 0 fully saturated rings. The van der Waals surface area contributed by atoms with Crippen LogP contribution in [0.3, 0.4) is 0 Å². The molecule has 2 heterocycles. The van der Waals surface area contributed by atoms with Crippen LogP contribution in [-0.4, -0.2) is 30.1 Å². The quantitative estimate of drug-likeness (QED) is 0.380. The van der Waals surface area contributed by atoms with E-state index in [1.54, 1.807) is 53.5 Å². The maximum atomic E-state index is 12.9. The van der Waals surface area contributed by atoms with Crippen LogP contribution in [0, 0.1) is 0 Å². The van der Waals surface area contributed by atoms with Crippen molar-refractivity contribution in [1.29, 1.82) is 0 Å². The third kappa shape index (κ3) is 4.89. The number of benzene rings is 2. The lowest BCUT2D eigenvalue weighted by Crippen LogP contribution is -2.27. The number of para-hydroxylation sites is 1. The monoisotopic (exact) mass is 481 g/mol. The van der Waals surface area contributed by atoms with Crippen molar-refractivity contribution in [3.63, 3.8) is 0 Å². The second-order valence-electron chi connectivity index (χ2n) is 7.01. The number of nitrogens with zero attached hydrogens (tertiary/aromatic N) is 5. The first kappa shape index (κ1) is 22.2. The first-order valence-corrected chi connectivity index (χ1v) is 10.2. The Bertz CT molecular complexity index is 1290. The predicted molar refractivity (Wildman–Crippen MR) is 115 cm³/mol. The topological polar surface area (TPSA) is 57.6 Å². The van der Waals surface area contributed by atoms with E-state index in [9.17, 15) is 18.0 Å². The molecular formula is C21H16Cl2F3N5O. The first-order chi connectivity index (χ1) is 15.2. The van der Waals surface area contributed by atoms with Gasteiger partial charge in [-0.25, -0.2) is 14.5 Å². The maximum Gasteiger partial charge on any atom is 0.390 e. The Morgan fingerprint density at radius 1 is 1.00 bits per heavy atom. The van der Waals surface area contributed by atoms with Crippen LogP contribution < -0.4 is 5.69 Å². The fourth-order valence-electron chi connectivity index (χ4n) is 3.19. The van der Waals surface area contributed by atoms with E-state index in [2.05, 4.69) is 10.1 Å². The Morgan fingerprint density at radius 3 is 2.41 bits per heavy atom. The van der Waals surface area contributed by atoms with E-state index in [0.29, 0.717) is 27.0 Å². The Kier molecular flexibility index (Phi) is 6.12. The molecule has 11 heteroatoms. The van der Waals surface area contributed by atoms with Gasteiger partial charge in [0.25, 0.3) is 0 Å². The van der Waals surface area contributed by atoms with Crippen molar-refractivity contribution in [2.45, 2.75) is 25.7 Å². The molecule has 6 nitrogen and oxygen atoms in total. The van der Waals surface area contributed by atoms with E-state index in [1.807, 2.05) is 12.1 Å². The minimum Gasteiger partial charge on any atom is -0.304 e. The van der Waals surface area contributed by atoms with Crippen molar-refractivity contribution < 1.29 is 13.2 Å². The number of hydrogen-bond donors (Lipinski definition) is 0. The fourth-order valence-corrected chi connectivity index (χ4v) is 3.55. The van der Waals surface area contributed by atoms with E-state index >= 15 is 0 Å². The highest BCUT2D eigenvalue weighted by Gasteiger charge is 2.28. The fraction of sp³-hybridized carbons (Fsp3) is 0.190. The second-order valence-corrected chi connectivity index (χ2v) is 7.85. The Hall–Kier alpha value is -3.04. The van der Waals surface area contributed by atoms with Crippen LogP contribution in [-0.2, 0) is 13.1 Å². The molecule has 2 aromatic carbocycles. The lowest BCUT2D eigenvalue weighted by atomic mass is 10.2. The van der Waals surface area contributed by atoms with E-state index in [0.717, 1.165) is 9.25 Å². The van der Waals surface area contributed by atoms with E-state index in [-0.39, 0.29) is 12.4 Å². The average molecular weight is 482 g/mol. The molecule has 4 aromatic rings. The van der Waals surface area contributed by atoms with Crippen LogP contribution in [0.5, 0.6) is 0 Å². The molecule has 0 radical (unpaired) electrons. The molecule has 0 aliphatic rings. The molecule has 2 aromatic heterocycles. The molecule has 0 aliphatic carbocycles. The van der Waals surface area contributed by atoms with Gasteiger partial charge in [-0.05, 0) is 36.4 Å². The van der Waals surface area contributed by atoms with Crippen molar-refractivity contribution in [2.75, 3.05) is 0 Å². The molecule has 4 rings (SSSR count). The standard InChI is InChI=1S/C21H16Cl2F3N5O/c22-15-7-5-14(6-8-15)19-28-31(20(32)30(19)10-9-21(24,25)26)12-16-11-29(13-27-16)18-4-2-1-3-17(18)23/h1-8,11,13H,9-10,12H2. The molecule has 0 saturated heterocycles. The van der Waals surface area contributed by atoms with Crippen molar-refractivity contribution in [2.24, 2.45) is 0 Å². The van der Waals surface area contributed by atoms with Crippen LogP contribution >= 0.6 is 23.2 Å². The molecule has 0 saturated carbocycles. The minimum absolute atomic E-state index is 0.0180. The third-order valence-electron chi connectivity index (χ3n) is 4.72. The van der Waals surface area contributed by atoms with Crippen LogP contribution in [0.25, 0.3) is 17.1 Å². The summed E-state index contributed by atoms with van der Waals surface area (Å²) in [6.07, 6.45) is -2.33. The summed E-state index contributed by atoms with van der Waals surface area (Å²) in [7, 11) is 0. The minimum atomic E-state index is -4.41. The summed E-state index contributed by atoms with van der Waals surface area (Å²) in [5.41, 5.74) is 1.02. The van der Waals surface area contributed by atoms with Crippen LogP contribution in [0.1, 0.15) is 12.1 Å². The van der Waals surface area contributed by atoms with E-state index < -0.39 is 24.8 Å². The SMILES string of the molecule is O=c1n(Cc2cn(-c3ccccc3Cl)cn2)nc(-c2ccc(Cl)cc2)n1CCC(F)(F)F. The summed E-state index contributed by atoms with van der Waals surface area (Å²) in [6.45, 7) is -0.565. The molecule has 0 aliphatic heterocycles. The van der Waals surface area contributed by atoms with Gasteiger partial charge in [-0.2, -0.15) is 13.2 Å². The number of aromatic nitrogens is 5. The summed E-state index contributed by atoms with van der Waals surface area (Å²) in [6, 6.07) is 13.5. The maximum absolute atomic E-state index is 12.9. The normalized spacial score (nSPS) is 11.8. The number of rotatable bonds is 6. The lowest BCUT2D eigenvalue weighted by Gasteiger charge is -2.08. The van der Waals surface area contributed by atoms with Crippen LogP contribution in [0.4, 0.5) is 13.2 Å². The number of alkyl halides is 3. The van der Waals surface area contributed by atoms with E-state index in [4.69, 9.17) is 23.2 Å². The lowest BCUT2D eigenvalue weighted by molar-refractivity contribution is -0.136. The molecule has 0 spiro atoms. The van der Waals surface area contributed by atoms with Crippen molar-refractivity contribution in [3.8, 4) is 17.1 Å². The molecular weight excluding hydrogens is 466 g/mol.